The average Bonchev–Trinajstić information content (AvgIpc) is 3.51. The summed E-state index contributed by atoms with van der Waals surface area (Å²) in [6.07, 6.45) is 4.07. The van der Waals surface area contributed by atoms with Gasteiger partial charge in [0.1, 0.15) is 11.5 Å². The minimum atomic E-state index is 0.551. The van der Waals surface area contributed by atoms with Gasteiger partial charge in [0.15, 0.2) is 0 Å². The predicted molar refractivity (Wildman–Crippen MR) is 135 cm³/mol. The maximum absolute atomic E-state index is 6.17. The number of fused-ring (bicyclic) bond motifs is 3. The van der Waals surface area contributed by atoms with Gasteiger partial charge in [0.2, 0.25) is 0 Å². The molecule has 6 nitrogen and oxygen atoms in total. The highest BCUT2D eigenvalue weighted by atomic mass is 35.5. The number of hydrogen-bond donors (Lipinski definition) is 0. The molecule has 0 amide bonds. The number of para-hydroxylation sites is 1. The van der Waals surface area contributed by atoms with E-state index < -0.39 is 0 Å². The van der Waals surface area contributed by atoms with E-state index in [0.717, 1.165) is 39.6 Å². The van der Waals surface area contributed by atoms with Gasteiger partial charge < -0.3 is 4.57 Å². The first-order chi connectivity index (χ1) is 16.7. The Morgan fingerprint density at radius 2 is 1.53 bits per heavy atom. The molecule has 34 heavy (non-hydrogen) atoms. The van der Waals surface area contributed by atoms with E-state index in [9.17, 15) is 0 Å². The summed E-state index contributed by atoms with van der Waals surface area (Å²) in [6.45, 7) is 2.51. The summed E-state index contributed by atoms with van der Waals surface area (Å²) in [6, 6.07) is 28.5. The van der Waals surface area contributed by atoms with Crippen LogP contribution in [0.4, 0.5) is 5.95 Å². The number of hydrogen-bond acceptors (Lipinski definition) is 4. The lowest BCUT2D eigenvalue weighted by atomic mass is 10.0. The molecule has 5 aromatic rings. The Kier molecular flexibility index (Phi) is 5.00. The van der Waals surface area contributed by atoms with Gasteiger partial charge in [-0.3, -0.25) is 4.57 Å². The van der Waals surface area contributed by atoms with Crippen LogP contribution >= 0.6 is 11.6 Å². The van der Waals surface area contributed by atoms with Crippen molar-refractivity contribution in [2.45, 2.75) is 13.5 Å². The van der Waals surface area contributed by atoms with E-state index in [1.54, 1.807) is 0 Å². The predicted octanol–water partition coefficient (Wildman–Crippen LogP) is 5.79. The van der Waals surface area contributed by atoms with Crippen molar-refractivity contribution in [1.29, 1.82) is 0 Å². The number of anilines is 1. The Bertz CT molecular complexity index is 1480. The third-order valence-electron chi connectivity index (χ3n) is 5.95. The van der Waals surface area contributed by atoms with Gasteiger partial charge in [-0.2, -0.15) is 5.10 Å². The summed E-state index contributed by atoms with van der Waals surface area (Å²) in [5.74, 6) is 1.49. The van der Waals surface area contributed by atoms with E-state index >= 15 is 0 Å². The molecule has 0 spiro atoms. The molecule has 2 aromatic heterocycles. The fourth-order valence-corrected chi connectivity index (χ4v) is 4.39. The number of nitrogens with zero attached hydrogens (tertiary/aromatic N) is 6. The Balaban J connectivity index is 1.46. The summed E-state index contributed by atoms with van der Waals surface area (Å²) >= 11 is 6.17. The van der Waals surface area contributed by atoms with Crippen LogP contribution in [-0.2, 0) is 6.54 Å². The molecule has 7 heteroatoms. The first-order valence-electron chi connectivity index (χ1n) is 11.0. The fourth-order valence-electron chi connectivity index (χ4n) is 4.27. The molecule has 0 unspecified atom stereocenters. The third kappa shape index (κ3) is 3.58. The van der Waals surface area contributed by atoms with E-state index in [0.29, 0.717) is 17.5 Å². The fraction of sp³-hybridized carbons (Fsp3) is 0.0741. The molecule has 3 heterocycles. The lowest BCUT2D eigenvalue weighted by Crippen LogP contribution is -2.20. The van der Waals surface area contributed by atoms with E-state index in [1.807, 2.05) is 72.9 Å². The SMILES string of the molecule is Cc1nnc2n1-c1ccccc1C(c1ccc(Cl)cc1)=NN2Cc1ccc(-n2cccc2)cc1. The molecular formula is C27H21ClN6. The molecule has 0 radical (unpaired) electrons. The van der Waals surface area contributed by atoms with Gasteiger partial charge in [-0.1, -0.05) is 54.1 Å². The summed E-state index contributed by atoms with van der Waals surface area (Å²) < 4.78 is 4.15. The molecule has 0 saturated carbocycles. The molecule has 0 aliphatic carbocycles. The summed E-state index contributed by atoms with van der Waals surface area (Å²) in [5, 5.41) is 16.6. The third-order valence-corrected chi connectivity index (χ3v) is 6.20. The number of halogens is 1. The van der Waals surface area contributed by atoms with Gasteiger partial charge in [0.05, 0.1) is 12.2 Å². The summed E-state index contributed by atoms with van der Waals surface area (Å²) in [5.41, 5.74) is 6.09. The highest BCUT2D eigenvalue weighted by Gasteiger charge is 2.26. The molecule has 0 N–H and O–H groups in total. The Morgan fingerprint density at radius 3 is 2.29 bits per heavy atom. The number of hydrazone groups is 1. The normalized spacial score (nSPS) is 12.6. The highest BCUT2D eigenvalue weighted by Crippen LogP contribution is 2.30. The minimum Gasteiger partial charge on any atom is -0.324 e. The molecule has 0 atom stereocenters. The average molecular weight is 465 g/mol. The Hall–Kier alpha value is -4.16. The second-order valence-electron chi connectivity index (χ2n) is 8.17. The summed E-state index contributed by atoms with van der Waals surface area (Å²) in [7, 11) is 0. The van der Waals surface area contributed by atoms with Crippen LogP contribution in [0.1, 0.15) is 22.5 Å². The van der Waals surface area contributed by atoms with E-state index in [-0.39, 0.29) is 0 Å². The quantitative estimate of drug-likeness (QED) is 0.338. The maximum Gasteiger partial charge on any atom is 0.252 e. The Morgan fingerprint density at radius 1 is 0.794 bits per heavy atom. The van der Waals surface area contributed by atoms with Crippen LogP contribution < -0.4 is 5.01 Å². The van der Waals surface area contributed by atoms with Crippen molar-refractivity contribution < 1.29 is 0 Å². The van der Waals surface area contributed by atoms with Crippen molar-refractivity contribution in [3.63, 3.8) is 0 Å². The zero-order valence-electron chi connectivity index (χ0n) is 18.5. The molecule has 0 saturated heterocycles. The van der Waals surface area contributed by atoms with Crippen LogP contribution in [0.2, 0.25) is 5.02 Å². The van der Waals surface area contributed by atoms with Crippen LogP contribution in [0.5, 0.6) is 0 Å². The van der Waals surface area contributed by atoms with Crippen LogP contribution in [0.15, 0.2) is 102 Å². The van der Waals surface area contributed by atoms with Crippen molar-refractivity contribution in [2.24, 2.45) is 5.10 Å². The van der Waals surface area contributed by atoms with Crippen molar-refractivity contribution in [3.8, 4) is 11.4 Å². The van der Waals surface area contributed by atoms with Gasteiger partial charge in [0, 0.05) is 34.2 Å². The molecular weight excluding hydrogens is 444 g/mol. The van der Waals surface area contributed by atoms with E-state index in [2.05, 4.69) is 55.7 Å². The standard InChI is InChI=1S/C27H21ClN6/c1-19-29-30-27-33(18-20-8-14-23(15-9-20)32-16-4-5-17-32)31-26(21-10-12-22(28)13-11-21)24-6-2-3-7-25(24)34(19)27/h2-17H,18H2,1H3. The lowest BCUT2D eigenvalue weighted by Gasteiger charge is -2.18. The van der Waals surface area contributed by atoms with Gasteiger partial charge >= 0.3 is 0 Å². The molecule has 1 aliphatic heterocycles. The van der Waals surface area contributed by atoms with Crippen LogP contribution in [0.25, 0.3) is 11.4 Å². The number of aryl methyl sites for hydroxylation is 1. The van der Waals surface area contributed by atoms with Crippen molar-refractivity contribution in [3.05, 3.63) is 125 Å². The highest BCUT2D eigenvalue weighted by molar-refractivity contribution is 6.30. The van der Waals surface area contributed by atoms with Crippen LogP contribution in [0, 0.1) is 6.92 Å². The molecule has 6 rings (SSSR count). The van der Waals surface area contributed by atoms with Gasteiger partial charge in [-0.15, -0.1) is 10.2 Å². The van der Waals surface area contributed by atoms with Crippen molar-refractivity contribution in [2.75, 3.05) is 5.01 Å². The zero-order chi connectivity index (χ0) is 23.1. The van der Waals surface area contributed by atoms with Crippen LogP contribution in [0.3, 0.4) is 0 Å². The maximum atomic E-state index is 6.17. The molecule has 1 aliphatic rings. The Labute approximate surface area is 202 Å². The van der Waals surface area contributed by atoms with E-state index in [1.165, 1.54) is 0 Å². The zero-order valence-corrected chi connectivity index (χ0v) is 19.3. The summed E-state index contributed by atoms with van der Waals surface area (Å²) in [4.78, 5) is 0. The van der Waals surface area contributed by atoms with Crippen LogP contribution in [-0.4, -0.2) is 25.0 Å². The number of benzene rings is 3. The second-order valence-corrected chi connectivity index (χ2v) is 8.61. The van der Waals surface area contributed by atoms with Gasteiger partial charge in [-0.05, 0) is 55.0 Å². The first-order valence-corrected chi connectivity index (χ1v) is 11.4. The lowest BCUT2D eigenvalue weighted by molar-refractivity contribution is 0.796. The number of rotatable bonds is 4. The smallest absolute Gasteiger partial charge is 0.252 e. The molecule has 0 bridgehead atoms. The molecule has 0 fully saturated rings. The topological polar surface area (TPSA) is 51.2 Å². The molecule has 3 aromatic carbocycles. The van der Waals surface area contributed by atoms with Crippen molar-refractivity contribution >= 4 is 23.3 Å². The largest absolute Gasteiger partial charge is 0.324 e. The monoisotopic (exact) mass is 464 g/mol. The number of aromatic nitrogens is 4. The molecule has 166 valence electrons. The second kappa shape index (κ2) is 8.32. The minimum absolute atomic E-state index is 0.551. The van der Waals surface area contributed by atoms with Crippen molar-refractivity contribution in [1.82, 2.24) is 19.3 Å². The van der Waals surface area contributed by atoms with Gasteiger partial charge in [0.25, 0.3) is 5.95 Å². The first kappa shape index (κ1) is 20.4. The van der Waals surface area contributed by atoms with Gasteiger partial charge in [-0.25, -0.2) is 5.01 Å². The van der Waals surface area contributed by atoms with E-state index in [4.69, 9.17) is 16.7 Å².